The summed E-state index contributed by atoms with van der Waals surface area (Å²) >= 11 is 1.70. The van der Waals surface area contributed by atoms with E-state index in [-0.39, 0.29) is 24.0 Å². The first-order valence-corrected chi connectivity index (χ1v) is 9.63. The summed E-state index contributed by atoms with van der Waals surface area (Å²) in [5, 5.41) is 9.97. The molecule has 0 aliphatic heterocycles. The number of aromatic nitrogens is 1. The molecule has 2 N–H and O–H groups in total. The first kappa shape index (κ1) is 22.6. The first-order chi connectivity index (χ1) is 11.6. The van der Waals surface area contributed by atoms with E-state index >= 15 is 0 Å². The molecule has 0 aromatic carbocycles. The van der Waals surface area contributed by atoms with Crippen molar-refractivity contribution in [3.8, 4) is 0 Å². The predicted molar refractivity (Wildman–Crippen MR) is 116 cm³/mol. The maximum atomic E-state index is 5.20. The lowest BCUT2D eigenvalue weighted by atomic mass is 10.2. The van der Waals surface area contributed by atoms with E-state index in [9.17, 15) is 0 Å². The Morgan fingerprint density at radius 3 is 2.72 bits per heavy atom. The zero-order valence-corrected chi connectivity index (χ0v) is 18.9. The van der Waals surface area contributed by atoms with Gasteiger partial charge in [-0.15, -0.1) is 35.3 Å². The van der Waals surface area contributed by atoms with Crippen LogP contribution in [0.5, 0.6) is 0 Å². The van der Waals surface area contributed by atoms with Crippen LogP contribution in [0.4, 0.5) is 0 Å². The highest BCUT2D eigenvalue weighted by Gasteiger charge is 2.28. The molecule has 0 saturated heterocycles. The Kier molecular flexibility index (Phi) is 10.9. The van der Waals surface area contributed by atoms with Gasteiger partial charge in [0, 0.05) is 45.2 Å². The molecule has 1 heterocycles. The summed E-state index contributed by atoms with van der Waals surface area (Å²) in [6, 6.07) is 0.752. The number of aliphatic imine (C=N–C) groups is 1. The van der Waals surface area contributed by atoms with Gasteiger partial charge in [-0.1, -0.05) is 13.8 Å². The average molecular weight is 481 g/mol. The maximum absolute atomic E-state index is 5.20. The van der Waals surface area contributed by atoms with Crippen LogP contribution in [0, 0.1) is 0 Å². The molecule has 1 fully saturated rings. The van der Waals surface area contributed by atoms with Crippen molar-refractivity contribution in [2.75, 3.05) is 40.4 Å². The normalized spacial score (nSPS) is 14.7. The van der Waals surface area contributed by atoms with Crippen LogP contribution in [0.3, 0.4) is 0 Å². The monoisotopic (exact) mass is 481 g/mol. The lowest BCUT2D eigenvalue weighted by Crippen LogP contribution is -2.42. The second kappa shape index (κ2) is 12.0. The van der Waals surface area contributed by atoms with Crippen molar-refractivity contribution in [3.63, 3.8) is 0 Å². The van der Waals surface area contributed by atoms with Crippen molar-refractivity contribution in [3.05, 3.63) is 16.1 Å². The fourth-order valence-corrected chi connectivity index (χ4v) is 3.39. The molecule has 1 aliphatic rings. The molecule has 1 saturated carbocycles. The Morgan fingerprint density at radius 2 is 2.16 bits per heavy atom. The lowest BCUT2D eigenvalue weighted by molar-refractivity contribution is 0.144. The van der Waals surface area contributed by atoms with Crippen LogP contribution in [-0.4, -0.2) is 62.3 Å². The average Bonchev–Trinajstić information content (AvgIpc) is 3.30. The van der Waals surface area contributed by atoms with Crippen molar-refractivity contribution < 1.29 is 4.74 Å². The molecule has 25 heavy (non-hydrogen) atoms. The largest absolute Gasteiger partial charge is 0.383 e. The number of nitrogens with one attached hydrogen (secondary N) is 2. The number of hydrogen-bond donors (Lipinski definition) is 2. The highest BCUT2D eigenvalue weighted by atomic mass is 127. The van der Waals surface area contributed by atoms with Crippen LogP contribution in [0.2, 0.25) is 0 Å². The van der Waals surface area contributed by atoms with E-state index < -0.39 is 0 Å². The first-order valence-electron chi connectivity index (χ1n) is 8.75. The second-order valence-corrected chi connectivity index (χ2v) is 7.38. The third kappa shape index (κ3) is 8.19. The topological polar surface area (TPSA) is 61.8 Å². The highest BCUT2D eigenvalue weighted by Crippen LogP contribution is 2.25. The Balaban J connectivity index is 0.00000312. The summed E-state index contributed by atoms with van der Waals surface area (Å²) in [4.78, 5) is 11.4. The van der Waals surface area contributed by atoms with Crippen molar-refractivity contribution >= 4 is 41.3 Å². The molecule has 2 rings (SSSR count). The van der Waals surface area contributed by atoms with Crippen LogP contribution in [0.25, 0.3) is 0 Å². The molecule has 8 heteroatoms. The van der Waals surface area contributed by atoms with Crippen LogP contribution in [0.15, 0.2) is 10.4 Å². The van der Waals surface area contributed by atoms with Gasteiger partial charge in [-0.2, -0.15) is 0 Å². The summed E-state index contributed by atoms with van der Waals surface area (Å²) in [7, 11) is 3.57. The number of guanidine groups is 1. The SMILES string of the molecule is CN=C(NCCN(CCOC)C1CC1)NCc1nc(C(C)C)cs1.I. The minimum Gasteiger partial charge on any atom is -0.383 e. The summed E-state index contributed by atoms with van der Waals surface area (Å²) in [5.41, 5.74) is 1.16. The number of rotatable bonds is 10. The molecule has 1 aliphatic carbocycles. The molecule has 0 bridgehead atoms. The standard InChI is InChI=1S/C17H31N5OS.HI/c1-13(2)15-12-24-16(21-15)11-20-17(18-3)19-7-8-22(9-10-23-4)14-5-6-14;/h12-14H,5-11H2,1-4H3,(H2,18,19,20);1H. The zero-order valence-electron chi connectivity index (χ0n) is 15.7. The van der Waals surface area contributed by atoms with Crippen LogP contribution in [-0.2, 0) is 11.3 Å². The van der Waals surface area contributed by atoms with Gasteiger partial charge in [-0.3, -0.25) is 9.89 Å². The van der Waals surface area contributed by atoms with Gasteiger partial charge in [0.25, 0.3) is 0 Å². The highest BCUT2D eigenvalue weighted by molar-refractivity contribution is 14.0. The van der Waals surface area contributed by atoms with Crippen LogP contribution < -0.4 is 10.6 Å². The summed E-state index contributed by atoms with van der Waals surface area (Å²) in [6.07, 6.45) is 2.64. The third-order valence-corrected chi connectivity index (χ3v) is 5.00. The summed E-state index contributed by atoms with van der Waals surface area (Å²) in [6.45, 7) is 8.76. The van der Waals surface area contributed by atoms with Crippen molar-refractivity contribution in [1.82, 2.24) is 20.5 Å². The van der Waals surface area contributed by atoms with Gasteiger partial charge in [0.05, 0.1) is 18.8 Å². The Bertz CT molecular complexity index is 519. The van der Waals surface area contributed by atoms with E-state index in [1.54, 1.807) is 25.5 Å². The minimum absolute atomic E-state index is 0. The van der Waals surface area contributed by atoms with Gasteiger partial charge in [0.15, 0.2) is 5.96 Å². The second-order valence-electron chi connectivity index (χ2n) is 6.43. The van der Waals surface area contributed by atoms with Crippen LogP contribution >= 0.6 is 35.3 Å². The number of halogens is 1. The smallest absolute Gasteiger partial charge is 0.191 e. The molecule has 1 aromatic rings. The van der Waals surface area contributed by atoms with Crippen molar-refractivity contribution in [2.24, 2.45) is 4.99 Å². The molecule has 0 amide bonds. The Morgan fingerprint density at radius 1 is 1.40 bits per heavy atom. The van der Waals surface area contributed by atoms with E-state index in [4.69, 9.17) is 4.74 Å². The quantitative estimate of drug-likeness (QED) is 0.306. The van der Waals surface area contributed by atoms with E-state index in [2.05, 4.69) is 44.7 Å². The summed E-state index contributed by atoms with van der Waals surface area (Å²) in [5.74, 6) is 1.31. The van der Waals surface area contributed by atoms with Gasteiger partial charge >= 0.3 is 0 Å². The number of nitrogens with zero attached hydrogens (tertiary/aromatic N) is 3. The molecule has 1 aromatic heterocycles. The fourth-order valence-electron chi connectivity index (χ4n) is 2.49. The number of methoxy groups -OCH3 is 1. The fraction of sp³-hybridized carbons (Fsp3) is 0.765. The maximum Gasteiger partial charge on any atom is 0.191 e. The third-order valence-electron chi connectivity index (χ3n) is 4.13. The van der Waals surface area contributed by atoms with Gasteiger partial charge in [0.1, 0.15) is 5.01 Å². The molecule has 0 atom stereocenters. The van der Waals surface area contributed by atoms with Gasteiger partial charge < -0.3 is 15.4 Å². The predicted octanol–water partition coefficient (Wildman–Crippen LogP) is 2.66. The molecule has 0 spiro atoms. The number of thiazole rings is 1. The Hall–Kier alpha value is -0.450. The van der Waals surface area contributed by atoms with Gasteiger partial charge in [-0.25, -0.2) is 4.98 Å². The Labute approximate surface area is 172 Å². The van der Waals surface area contributed by atoms with Crippen molar-refractivity contribution in [1.29, 1.82) is 0 Å². The van der Waals surface area contributed by atoms with Gasteiger partial charge in [-0.05, 0) is 18.8 Å². The lowest BCUT2D eigenvalue weighted by Gasteiger charge is -2.22. The van der Waals surface area contributed by atoms with Crippen LogP contribution in [0.1, 0.15) is 43.3 Å². The molecule has 6 nitrogen and oxygen atoms in total. The molecule has 0 radical (unpaired) electrons. The number of hydrogen-bond acceptors (Lipinski definition) is 5. The van der Waals surface area contributed by atoms with Crippen molar-refractivity contribution in [2.45, 2.75) is 45.2 Å². The van der Waals surface area contributed by atoms with Gasteiger partial charge in [0.2, 0.25) is 0 Å². The van der Waals surface area contributed by atoms with E-state index in [1.165, 1.54) is 12.8 Å². The minimum atomic E-state index is 0. The molecule has 0 unspecified atom stereocenters. The zero-order chi connectivity index (χ0) is 17.4. The van der Waals surface area contributed by atoms with E-state index in [0.29, 0.717) is 12.5 Å². The molecule has 144 valence electrons. The number of ether oxygens (including phenoxy) is 1. The molecular formula is C17H32IN5OS. The summed E-state index contributed by atoms with van der Waals surface area (Å²) < 4.78 is 5.20. The van der Waals surface area contributed by atoms with E-state index in [0.717, 1.165) is 48.9 Å². The molecular weight excluding hydrogens is 449 g/mol. The van der Waals surface area contributed by atoms with E-state index in [1.807, 2.05) is 0 Å².